The Balaban J connectivity index is 2.16. The van der Waals surface area contributed by atoms with Crippen molar-refractivity contribution in [3.8, 4) is 0 Å². The molecule has 1 heterocycles. The molecule has 1 fully saturated rings. The summed E-state index contributed by atoms with van der Waals surface area (Å²) >= 11 is 6.23. The molecule has 1 aromatic carbocycles. The van der Waals surface area contributed by atoms with Crippen LogP contribution in [0.5, 0.6) is 0 Å². The van der Waals surface area contributed by atoms with Crippen LogP contribution < -0.4 is 0 Å². The van der Waals surface area contributed by atoms with E-state index in [1.54, 1.807) is 0 Å². The lowest BCUT2D eigenvalue weighted by Gasteiger charge is -2.18. The Labute approximate surface area is 111 Å². The second kappa shape index (κ2) is 4.38. The molecule has 0 aliphatic carbocycles. The molecule has 4 heteroatoms. The van der Waals surface area contributed by atoms with E-state index in [0.717, 1.165) is 5.56 Å². The van der Waals surface area contributed by atoms with Crippen LogP contribution in [0.1, 0.15) is 37.9 Å². The van der Waals surface area contributed by atoms with Crippen LogP contribution in [-0.2, 0) is 11.0 Å². The van der Waals surface area contributed by atoms with Gasteiger partial charge < -0.3 is 0 Å². The first-order chi connectivity index (χ1) is 7.82. The van der Waals surface area contributed by atoms with Crippen LogP contribution in [0.25, 0.3) is 0 Å². The van der Waals surface area contributed by atoms with Crippen LogP contribution in [0, 0.1) is 6.92 Å². The normalized spacial score (nSPS) is 30.1. The van der Waals surface area contributed by atoms with Crippen molar-refractivity contribution in [2.24, 2.45) is 0 Å². The Hall–Kier alpha value is -0.380. The van der Waals surface area contributed by atoms with Crippen molar-refractivity contribution in [2.45, 2.75) is 44.0 Å². The highest BCUT2D eigenvalue weighted by molar-refractivity contribution is 7.84. The molecule has 0 aromatic heterocycles. The largest absolute Gasteiger partial charge is 0.242 e. The zero-order chi connectivity index (χ0) is 12.8. The first-order valence-corrected chi connectivity index (χ1v) is 7.27. The van der Waals surface area contributed by atoms with Crippen LogP contribution in [0.15, 0.2) is 24.3 Å². The maximum atomic E-state index is 12.2. The van der Waals surface area contributed by atoms with Gasteiger partial charge in [0.25, 0.3) is 0 Å². The van der Waals surface area contributed by atoms with Gasteiger partial charge in [-0.15, -0.1) is 11.6 Å². The molecule has 2 rings (SSSR count). The van der Waals surface area contributed by atoms with Gasteiger partial charge in [0.15, 0.2) is 0 Å². The van der Waals surface area contributed by atoms with Crippen molar-refractivity contribution in [1.82, 2.24) is 4.31 Å². The highest BCUT2D eigenvalue weighted by Gasteiger charge is 2.53. The third-order valence-electron chi connectivity index (χ3n) is 2.82. The topological polar surface area (TPSA) is 20.1 Å². The van der Waals surface area contributed by atoms with Crippen LogP contribution in [-0.4, -0.2) is 18.8 Å². The van der Waals surface area contributed by atoms with Gasteiger partial charge >= 0.3 is 0 Å². The lowest BCUT2D eigenvalue weighted by molar-refractivity contribution is 0.605. The Kier molecular flexibility index (Phi) is 3.36. The summed E-state index contributed by atoms with van der Waals surface area (Å²) in [6, 6.07) is 8.35. The van der Waals surface area contributed by atoms with Crippen molar-refractivity contribution in [3.05, 3.63) is 35.4 Å². The molecule has 1 aromatic rings. The summed E-state index contributed by atoms with van der Waals surface area (Å²) in [4.78, 5) is 0. The fourth-order valence-corrected chi connectivity index (χ4v) is 3.69. The predicted octanol–water partition coefficient (Wildman–Crippen LogP) is 3.38. The Morgan fingerprint density at radius 1 is 1.24 bits per heavy atom. The smallest absolute Gasteiger partial charge is 0.118 e. The lowest BCUT2D eigenvalue weighted by atomic mass is 10.1. The molecule has 0 amide bonds. The number of rotatable bonds is 2. The first-order valence-electron chi connectivity index (χ1n) is 5.73. The van der Waals surface area contributed by atoms with Gasteiger partial charge in [-0.1, -0.05) is 29.8 Å². The number of hydrogen-bond acceptors (Lipinski definition) is 1. The zero-order valence-corrected chi connectivity index (χ0v) is 12.2. The average Bonchev–Trinajstić information content (AvgIpc) is 2.88. The number of aryl methyl sites for hydroxylation is 1. The molecule has 0 spiro atoms. The molecule has 0 bridgehead atoms. The Morgan fingerprint density at radius 2 is 1.76 bits per heavy atom. The maximum Gasteiger partial charge on any atom is 0.118 e. The molecule has 1 saturated heterocycles. The summed E-state index contributed by atoms with van der Waals surface area (Å²) in [6.07, 6.45) is 0. The van der Waals surface area contributed by atoms with Gasteiger partial charge in [-0.05, 0) is 33.3 Å². The van der Waals surface area contributed by atoms with E-state index in [9.17, 15) is 4.21 Å². The zero-order valence-electron chi connectivity index (χ0n) is 10.6. The van der Waals surface area contributed by atoms with E-state index in [2.05, 4.69) is 31.2 Å². The highest BCUT2D eigenvalue weighted by atomic mass is 35.5. The van der Waals surface area contributed by atoms with E-state index in [0.29, 0.717) is 0 Å². The van der Waals surface area contributed by atoms with Crippen LogP contribution in [0.4, 0.5) is 0 Å². The lowest BCUT2D eigenvalue weighted by Crippen LogP contribution is -2.27. The highest BCUT2D eigenvalue weighted by Crippen LogP contribution is 2.48. The van der Waals surface area contributed by atoms with Crippen LogP contribution in [0.2, 0.25) is 0 Å². The molecule has 1 unspecified atom stereocenters. The van der Waals surface area contributed by atoms with E-state index in [1.165, 1.54) is 5.56 Å². The quantitative estimate of drug-likeness (QED) is 0.459. The predicted molar refractivity (Wildman–Crippen MR) is 73.3 cm³/mol. The van der Waals surface area contributed by atoms with Gasteiger partial charge in [-0.25, -0.2) is 4.21 Å². The minimum absolute atomic E-state index is 0.0947. The molecule has 4 atom stereocenters. The van der Waals surface area contributed by atoms with Crippen molar-refractivity contribution in [3.63, 3.8) is 0 Å². The summed E-state index contributed by atoms with van der Waals surface area (Å²) in [5, 5.41) is 0. The molecule has 17 heavy (non-hydrogen) atoms. The summed E-state index contributed by atoms with van der Waals surface area (Å²) in [5.41, 5.74) is 2.23. The molecule has 0 saturated carbocycles. The van der Waals surface area contributed by atoms with Crippen LogP contribution in [0.3, 0.4) is 0 Å². The SMILES string of the molecule is Cc1ccc([C@H]2[C@@H](Cl)N2[S@](=O)C(C)(C)C)cc1. The van der Waals surface area contributed by atoms with E-state index in [1.807, 2.05) is 25.1 Å². The van der Waals surface area contributed by atoms with E-state index >= 15 is 0 Å². The first kappa shape index (κ1) is 13.1. The van der Waals surface area contributed by atoms with Crippen molar-refractivity contribution in [1.29, 1.82) is 0 Å². The van der Waals surface area contributed by atoms with Crippen molar-refractivity contribution < 1.29 is 4.21 Å². The van der Waals surface area contributed by atoms with E-state index in [4.69, 9.17) is 11.6 Å². The van der Waals surface area contributed by atoms with Gasteiger partial charge in [-0.3, -0.25) is 0 Å². The van der Waals surface area contributed by atoms with E-state index < -0.39 is 11.0 Å². The molecule has 94 valence electrons. The van der Waals surface area contributed by atoms with Gasteiger partial charge in [0.2, 0.25) is 0 Å². The van der Waals surface area contributed by atoms with Gasteiger partial charge in [-0.2, -0.15) is 4.31 Å². The minimum Gasteiger partial charge on any atom is -0.242 e. The molecular formula is C13H18ClNOS. The molecular weight excluding hydrogens is 254 g/mol. The second-order valence-corrected chi connectivity index (χ2v) is 8.04. The van der Waals surface area contributed by atoms with E-state index in [-0.39, 0.29) is 16.3 Å². The van der Waals surface area contributed by atoms with Crippen molar-refractivity contribution in [2.75, 3.05) is 0 Å². The molecule has 0 N–H and O–H groups in total. The van der Waals surface area contributed by atoms with Gasteiger partial charge in [0, 0.05) is 0 Å². The van der Waals surface area contributed by atoms with Gasteiger partial charge in [0.1, 0.15) is 16.5 Å². The summed E-state index contributed by atoms with van der Waals surface area (Å²) in [6.45, 7) is 7.96. The third-order valence-corrected chi connectivity index (χ3v) is 5.27. The standard InChI is InChI=1S/C13H18ClNOS/c1-9-5-7-10(8-6-9)11-12(14)15(11)17(16)13(2,3)4/h5-8,11-12H,1-4H3/t11-,12-,15?,17+/m0/s1. The number of alkyl halides is 1. The number of halogens is 1. The van der Waals surface area contributed by atoms with Gasteiger partial charge in [0.05, 0.1) is 10.8 Å². The fraction of sp³-hybridized carbons (Fsp3) is 0.538. The molecule has 1 aliphatic rings. The molecule has 0 radical (unpaired) electrons. The Bertz CT molecular complexity index is 438. The summed E-state index contributed by atoms with van der Waals surface area (Å²) in [5.74, 6) is 0. The Morgan fingerprint density at radius 3 is 2.24 bits per heavy atom. The number of benzene rings is 1. The fourth-order valence-electron chi connectivity index (χ4n) is 1.76. The molecule has 2 nitrogen and oxygen atoms in total. The number of hydrogen-bond donors (Lipinski definition) is 0. The summed E-state index contributed by atoms with van der Waals surface area (Å²) < 4.78 is 13.9. The van der Waals surface area contributed by atoms with Crippen molar-refractivity contribution >= 4 is 22.6 Å². The maximum absolute atomic E-state index is 12.2. The monoisotopic (exact) mass is 271 g/mol. The van der Waals surface area contributed by atoms with Crippen LogP contribution >= 0.6 is 11.6 Å². The number of nitrogens with zero attached hydrogens (tertiary/aromatic N) is 1. The average molecular weight is 272 g/mol. The summed E-state index contributed by atoms with van der Waals surface area (Å²) in [7, 11) is -1.04. The second-order valence-electron chi connectivity index (χ2n) is 5.45. The minimum atomic E-state index is -1.04. The molecule has 1 aliphatic heterocycles. The third kappa shape index (κ3) is 2.56.